The van der Waals surface area contributed by atoms with Gasteiger partial charge in [0.2, 0.25) is 15.9 Å². The molecular formula is C20H22ClN3O6S. The summed E-state index contributed by atoms with van der Waals surface area (Å²) >= 11 is 6.01. The Balaban J connectivity index is 1.70. The highest BCUT2D eigenvalue weighted by atomic mass is 35.5. The van der Waals surface area contributed by atoms with Crippen LogP contribution in [-0.4, -0.2) is 57.4 Å². The van der Waals surface area contributed by atoms with Gasteiger partial charge in [0.25, 0.3) is 5.91 Å². The van der Waals surface area contributed by atoms with Gasteiger partial charge in [0.1, 0.15) is 10.6 Å². The number of halogens is 1. The fraction of sp³-hybridized carbons (Fsp3) is 0.300. The first-order valence-corrected chi connectivity index (χ1v) is 11.3. The summed E-state index contributed by atoms with van der Waals surface area (Å²) in [5.74, 6) is -0.703. The van der Waals surface area contributed by atoms with E-state index in [1.54, 1.807) is 24.3 Å². The van der Waals surface area contributed by atoms with Gasteiger partial charge in [-0.2, -0.15) is 4.31 Å². The Hall–Kier alpha value is -2.66. The SMILES string of the molecule is CC(=O)Nc1cccc(NC(=O)COc2ccc(Cl)cc2S(=O)(=O)N2CCOCC2)c1. The quantitative estimate of drug-likeness (QED) is 0.646. The van der Waals surface area contributed by atoms with E-state index in [1.165, 1.54) is 29.4 Å². The van der Waals surface area contributed by atoms with E-state index in [0.29, 0.717) is 24.6 Å². The first-order chi connectivity index (χ1) is 14.8. The van der Waals surface area contributed by atoms with Gasteiger partial charge in [-0.05, 0) is 36.4 Å². The minimum absolute atomic E-state index is 0.0260. The van der Waals surface area contributed by atoms with Crippen LogP contribution in [0.1, 0.15) is 6.92 Å². The third-order valence-corrected chi connectivity index (χ3v) is 6.47. The molecule has 0 atom stereocenters. The summed E-state index contributed by atoms with van der Waals surface area (Å²) in [4.78, 5) is 23.4. The molecule has 0 spiro atoms. The largest absolute Gasteiger partial charge is 0.482 e. The van der Waals surface area contributed by atoms with Crippen LogP contribution in [0, 0.1) is 0 Å². The predicted octanol–water partition coefficient (Wildman–Crippen LogP) is 2.34. The number of hydrogen-bond donors (Lipinski definition) is 2. The number of morpholine rings is 1. The van der Waals surface area contributed by atoms with Gasteiger partial charge in [-0.1, -0.05) is 17.7 Å². The normalized spacial score (nSPS) is 14.6. The van der Waals surface area contributed by atoms with Gasteiger partial charge >= 0.3 is 0 Å². The number of rotatable bonds is 7. The molecule has 9 nitrogen and oxygen atoms in total. The van der Waals surface area contributed by atoms with Crippen LogP contribution in [0.15, 0.2) is 47.4 Å². The van der Waals surface area contributed by atoms with Crippen LogP contribution >= 0.6 is 11.6 Å². The van der Waals surface area contributed by atoms with Gasteiger partial charge in [0, 0.05) is 36.4 Å². The van der Waals surface area contributed by atoms with Crippen LogP contribution in [0.25, 0.3) is 0 Å². The van der Waals surface area contributed by atoms with Crippen molar-refractivity contribution in [2.45, 2.75) is 11.8 Å². The fourth-order valence-corrected chi connectivity index (χ4v) is 4.75. The van der Waals surface area contributed by atoms with Gasteiger partial charge in [0.05, 0.1) is 13.2 Å². The zero-order valence-corrected chi connectivity index (χ0v) is 18.3. The molecule has 0 unspecified atom stereocenters. The molecule has 1 heterocycles. The lowest BCUT2D eigenvalue weighted by molar-refractivity contribution is -0.118. The van der Waals surface area contributed by atoms with E-state index in [-0.39, 0.29) is 34.7 Å². The Morgan fingerprint density at radius 1 is 1.10 bits per heavy atom. The highest BCUT2D eigenvalue weighted by Crippen LogP contribution is 2.30. The fourth-order valence-electron chi connectivity index (χ4n) is 2.95. The number of amides is 2. The van der Waals surface area contributed by atoms with Crippen LogP contribution in [0.2, 0.25) is 5.02 Å². The molecule has 166 valence electrons. The molecule has 0 saturated carbocycles. The molecule has 2 aromatic rings. The van der Waals surface area contributed by atoms with Crippen molar-refractivity contribution in [3.8, 4) is 5.75 Å². The van der Waals surface area contributed by atoms with E-state index in [1.807, 2.05) is 0 Å². The van der Waals surface area contributed by atoms with Crippen molar-refractivity contribution in [2.75, 3.05) is 43.5 Å². The Morgan fingerprint density at radius 3 is 2.45 bits per heavy atom. The molecule has 31 heavy (non-hydrogen) atoms. The highest BCUT2D eigenvalue weighted by Gasteiger charge is 2.29. The Bertz CT molecular complexity index is 1070. The molecule has 0 radical (unpaired) electrons. The maximum Gasteiger partial charge on any atom is 0.262 e. The first kappa shape index (κ1) is 23.0. The second kappa shape index (κ2) is 10.1. The van der Waals surface area contributed by atoms with E-state index in [0.717, 1.165) is 0 Å². The number of anilines is 2. The summed E-state index contributed by atoms with van der Waals surface area (Å²) in [6.07, 6.45) is 0. The number of benzene rings is 2. The molecular weight excluding hydrogens is 446 g/mol. The highest BCUT2D eigenvalue weighted by molar-refractivity contribution is 7.89. The smallest absolute Gasteiger partial charge is 0.262 e. The average Bonchev–Trinajstić information content (AvgIpc) is 2.73. The summed E-state index contributed by atoms with van der Waals surface area (Å²) in [5, 5.41) is 5.50. The summed E-state index contributed by atoms with van der Waals surface area (Å²) in [6.45, 7) is 2.01. The predicted molar refractivity (Wildman–Crippen MR) is 116 cm³/mol. The van der Waals surface area contributed by atoms with Crippen LogP contribution in [0.4, 0.5) is 11.4 Å². The number of hydrogen-bond acceptors (Lipinski definition) is 6. The Kier molecular flexibility index (Phi) is 7.50. The summed E-state index contributed by atoms with van der Waals surface area (Å²) in [5.41, 5.74) is 0.986. The molecule has 2 amide bonds. The van der Waals surface area contributed by atoms with Gasteiger partial charge in [-0.25, -0.2) is 8.42 Å². The average molecular weight is 468 g/mol. The molecule has 2 aromatic carbocycles. The Labute approximate surface area is 185 Å². The molecule has 0 aromatic heterocycles. The number of carbonyl (C=O) groups excluding carboxylic acids is 2. The standard InChI is InChI=1S/C20H22ClN3O6S/c1-14(25)22-16-3-2-4-17(12-16)23-20(26)13-30-18-6-5-15(21)11-19(18)31(27,28)24-7-9-29-10-8-24/h2-6,11-12H,7-10,13H2,1H3,(H,22,25)(H,23,26). The molecule has 0 aliphatic carbocycles. The van der Waals surface area contributed by atoms with Gasteiger partial charge in [-0.3, -0.25) is 9.59 Å². The number of carbonyl (C=O) groups is 2. The monoisotopic (exact) mass is 467 g/mol. The van der Waals surface area contributed by atoms with E-state index < -0.39 is 22.5 Å². The molecule has 11 heteroatoms. The molecule has 3 rings (SSSR count). The maximum absolute atomic E-state index is 13.0. The summed E-state index contributed by atoms with van der Waals surface area (Å²) in [7, 11) is -3.87. The van der Waals surface area contributed by atoms with Gasteiger partial charge in [0.15, 0.2) is 6.61 Å². The minimum Gasteiger partial charge on any atom is -0.482 e. The third-order valence-electron chi connectivity index (χ3n) is 4.32. The molecule has 1 aliphatic heterocycles. The second-order valence-corrected chi connectivity index (χ2v) is 9.05. The third kappa shape index (κ3) is 6.17. The van der Waals surface area contributed by atoms with E-state index in [2.05, 4.69) is 10.6 Å². The van der Waals surface area contributed by atoms with Crippen LogP contribution in [0.3, 0.4) is 0 Å². The molecule has 1 saturated heterocycles. The second-order valence-electron chi connectivity index (χ2n) is 6.71. The van der Waals surface area contributed by atoms with E-state index in [9.17, 15) is 18.0 Å². The van der Waals surface area contributed by atoms with Gasteiger partial charge < -0.3 is 20.1 Å². The van der Waals surface area contributed by atoms with Crippen molar-refractivity contribution in [1.82, 2.24) is 4.31 Å². The minimum atomic E-state index is -3.87. The van der Waals surface area contributed by atoms with Crippen LogP contribution < -0.4 is 15.4 Å². The van der Waals surface area contributed by atoms with Crippen molar-refractivity contribution in [3.63, 3.8) is 0 Å². The van der Waals surface area contributed by atoms with Crippen molar-refractivity contribution in [3.05, 3.63) is 47.5 Å². The zero-order valence-electron chi connectivity index (χ0n) is 16.8. The number of sulfonamides is 1. The molecule has 1 fully saturated rings. The summed E-state index contributed by atoms with van der Waals surface area (Å²) in [6, 6.07) is 10.8. The number of nitrogens with one attached hydrogen (secondary N) is 2. The van der Waals surface area contributed by atoms with Crippen LogP contribution in [-0.2, 0) is 24.3 Å². The van der Waals surface area contributed by atoms with Crippen molar-refractivity contribution in [2.24, 2.45) is 0 Å². The Morgan fingerprint density at radius 2 is 1.77 bits per heavy atom. The number of ether oxygens (including phenoxy) is 2. The van der Waals surface area contributed by atoms with Crippen molar-refractivity contribution < 1.29 is 27.5 Å². The van der Waals surface area contributed by atoms with Gasteiger partial charge in [-0.15, -0.1) is 0 Å². The van der Waals surface area contributed by atoms with Crippen LogP contribution in [0.5, 0.6) is 5.75 Å². The first-order valence-electron chi connectivity index (χ1n) is 9.43. The summed E-state index contributed by atoms with van der Waals surface area (Å²) < 4.78 is 38.1. The lowest BCUT2D eigenvalue weighted by Crippen LogP contribution is -2.40. The maximum atomic E-state index is 13.0. The molecule has 1 aliphatic rings. The lowest BCUT2D eigenvalue weighted by Gasteiger charge is -2.26. The lowest BCUT2D eigenvalue weighted by atomic mass is 10.2. The zero-order chi connectivity index (χ0) is 22.4. The number of nitrogens with zero attached hydrogens (tertiary/aromatic N) is 1. The topological polar surface area (TPSA) is 114 Å². The molecule has 0 bridgehead atoms. The molecule has 2 N–H and O–H groups in total. The van der Waals surface area contributed by atoms with E-state index in [4.69, 9.17) is 21.1 Å². The van der Waals surface area contributed by atoms with Crippen molar-refractivity contribution >= 4 is 44.8 Å². The van der Waals surface area contributed by atoms with Crippen molar-refractivity contribution in [1.29, 1.82) is 0 Å². The van der Waals surface area contributed by atoms with E-state index >= 15 is 0 Å².